The van der Waals surface area contributed by atoms with Crippen LogP contribution in [0, 0.1) is 0 Å². The van der Waals surface area contributed by atoms with E-state index in [0.29, 0.717) is 0 Å². The quantitative estimate of drug-likeness (QED) is 0.256. The van der Waals surface area contributed by atoms with Gasteiger partial charge in [0.25, 0.3) is 0 Å². The molecule has 0 saturated heterocycles. The zero-order chi connectivity index (χ0) is 13.5. The van der Waals surface area contributed by atoms with Gasteiger partial charge in [-0.3, -0.25) is 0 Å². The fourth-order valence-corrected chi connectivity index (χ4v) is 0. The first-order valence-corrected chi connectivity index (χ1v) is 6.57. The molecule has 0 saturated carbocycles. The van der Waals surface area contributed by atoms with Crippen LogP contribution in [0.15, 0.2) is 0 Å². The summed E-state index contributed by atoms with van der Waals surface area (Å²) in [6.07, 6.45) is 0. The van der Waals surface area contributed by atoms with Crippen molar-refractivity contribution < 1.29 is 125 Å². The number of rotatable bonds is 0. The molecule has 0 N–H and O–H groups in total. The van der Waals surface area contributed by atoms with Gasteiger partial charge in [-0.05, 0) is 0 Å². The Labute approximate surface area is 147 Å². The number of hydrogen-bond donors (Lipinski definition) is 0. The van der Waals surface area contributed by atoms with Crippen LogP contribution in [-0.4, -0.2) is 0 Å². The molecule has 0 spiro atoms. The molecule has 0 rings (SSSR count). The van der Waals surface area contributed by atoms with E-state index in [1.54, 1.807) is 0 Å². The molecule has 12 nitrogen and oxygen atoms in total. The van der Waals surface area contributed by atoms with Crippen molar-refractivity contribution >= 4 is 23.5 Å². The summed E-state index contributed by atoms with van der Waals surface area (Å²) >= 11 is 0. The Morgan fingerprint density at radius 3 is 0.500 bits per heavy atom. The molecular weight excluding hydrogens is 431 g/mol. The Morgan fingerprint density at radius 2 is 0.500 bits per heavy atom. The van der Waals surface area contributed by atoms with Gasteiger partial charge in [0.1, 0.15) is 0 Å². The Bertz CT molecular complexity index is 213. The Kier molecular flexibility index (Phi) is 32.8. The van der Waals surface area contributed by atoms with Crippen LogP contribution in [0.2, 0.25) is 0 Å². The maximum Gasteiger partial charge on any atom is 4.00 e. The minimum absolute atomic E-state index is 0. The van der Waals surface area contributed by atoms with Crippen molar-refractivity contribution in [1.82, 2.24) is 0 Å². The van der Waals surface area contributed by atoms with Gasteiger partial charge in [-0.25, -0.2) is 0 Å². The van der Waals surface area contributed by atoms with Crippen LogP contribution in [-0.2, 0) is 61.6 Å². The van der Waals surface area contributed by atoms with Crippen molar-refractivity contribution in [1.29, 1.82) is 0 Å². The van der Waals surface area contributed by atoms with E-state index in [-0.39, 0.29) is 66.8 Å². The summed E-state index contributed by atoms with van der Waals surface area (Å²) in [5.41, 5.74) is 0. The van der Waals surface area contributed by atoms with E-state index in [2.05, 4.69) is 0 Å². The average Bonchev–Trinajstić information content (AvgIpc) is 1.41. The van der Waals surface area contributed by atoms with Gasteiger partial charge >= 0.3 is 66.8 Å². The zero-order valence-corrected chi connectivity index (χ0v) is 14.9. The molecule has 0 aliphatic heterocycles. The summed E-state index contributed by atoms with van der Waals surface area (Å²) in [4.78, 5) is 76.9. The molecule has 0 fully saturated rings. The fourth-order valence-electron chi connectivity index (χ4n) is 0. The molecule has 18 heteroatoms. The van der Waals surface area contributed by atoms with E-state index in [1.807, 2.05) is 0 Å². The molecule has 0 aliphatic rings. The maximum atomic E-state index is 8.55. The smallest absolute Gasteiger partial charge is 0.822 e. The Hall–Kier alpha value is 2.52. The van der Waals surface area contributed by atoms with Crippen LogP contribution in [0.25, 0.3) is 0 Å². The molecule has 0 bridgehead atoms. The van der Waals surface area contributed by atoms with Gasteiger partial charge in [-0.15, -0.1) is 0 Å². The van der Waals surface area contributed by atoms with Crippen molar-refractivity contribution in [3.05, 3.63) is 0 Å². The largest absolute Gasteiger partial charge is 4.00 e. The maximum absolute atomic E-state index is 8.55. The summed E-state index contributed by atoms with van der Waals surface area (Å²) in [6, 6.07) is 0. The van der Waals surface area contributed by atoms with Crippen LogP contribution in [0.1, 0.15) is 0 Å². The summed E-state index contributed by atoms with van der Waals surface area (Å²) in [5, 5.41) is 0. The molecule has 0 amide bonds. The standard InChI is InChI=1S/Li.3H3O4P.Ti.Zr/c;3*1-5(2,3)4;;/h;3*(H3,1,2,3,4);;/q+1;;;;2*+4/p-9. The average molecular weight is 431 g/mol. The van der Waals surface area contributed by atoms with Crippen LogP contribution >= 0.6 is 23.5 Å². The number of hydrogen-bond acceptors (Lipinski definition) is 12. The van der Waals surface area contributed by atoms with E-state index in [0.717, 1.165) is 0 Å². The molecule has 0 unspecified atom stereocenters. The van der Waals surface area contributed by atoms with Crippen molar-refractivity contribution in [2.24, 2.45) is 0 Å². The van der Waals surface area contributed by atoms with E-state index in [9.17, 15) is 0 Å². The molecule has 96 valence electrons. The summed E-state index contributed by atoms with van der Waals surface area (Å²) < 4.78 is 25.6. The molecular formula is LiO12P3TiZr. The van der Waals surface area contributed by atoms with E-state index in [1.165, 1.54) is 0 Å². The first kappa shape index (κ1) is 37.1. The van der Waals surface area contributed by atoms with Gasteiger partial charge in [-0.1, -0.05) is 0 Å². The van der Waals surface area contributed by atoms with E-state index < -0.39 is 23.5 Å². The molecule has 0 radical (unpaired) electrons. The third kappa shape index (κ3) is 892. The third-order valence-corrected chi connectivity index (χ3v) is 0. The second kappa shape index (κ2) is 15.9. The van der Waals surface area contributed by atoms with Gasteiger partial charge in [0.15, 0.2) is 0 Å². The van der Waals surface area contributed by atoms with Gasteiger partial charge in [-0.2, -0.15) is 23.5 Å². The molecule has 0 aromatic heterocycles. The monoisotopic (exact) mass is 430 g/mol. The van der Waals surface area contributed by atoms with E-state index in [4.69, 9.17) is 57.7 Å². The van der Waals surface area contributed by atoms with E-state index >= 15 is 0 Å². The Morgan fingerprint density at radius 1 is 0.500 bits per heavy atom. The minimum Gasteiger partial charge on any atom is -0.822 e. The predicted molar refractivity (Wildman–Crippen MR) is 22.8 cm³/mol. The normalized spacial score (nSPS) is 9.83. The van der Waals surface area contributed by atoms with Crippen LogP contribution < -0.4 is 62.9 Å². The summed E-state index contributed by atoms with van der Waals surface area (Å²) in [6.45, 7) is 0. The minimum atomic E-state index is -5.39. The Balaban J connectivity index is -0.0000000277. The van der Waals surface area contributed by atoms with Crippen molar-refractivity contribution in [2.75, 3.05) is 0 Å². The molecule has 0 aromatic rings. The van der Waals surface area contributed by atoms with Crippen molar-refractivity contribution in [3.8, 4) is 0 Å². The second-order valence-corrected chi connectivity index (χ2v) is 4.02. The fraction of sp³-hybridized carbons (Fsp3) is 0. The van der Waals surface area contributed by atoms with Gasteiger partial charge in [0.2, 0.25) is 0 Å². The molecule has 0 atom stereocenters. The molecule has 18 heavy (non-hydrogen) atoms. The second-order valence-electron chi connectivity index (χ2n) is 1.34. The zero-order valence-electron chi connectivity index (χ0n) is 8.24. The molecule has 0 aromatic carbocycles. The van der Waals surface area contributed by atoms with Crippen LogP contribution in [0.5, 0.6) is 0 Å². The van der Waals surface area contributed by atoms with Crippen LogP contribution in [0.3, 0.4) is 0 Å². The first-order valence-electron chi connectivity index (χ1n) is 2.19. The summed E-state index contributed by atoms with van der Waals surface area (Å²) in [7, 11) is -16.2. The summed E-state index contributed by atoms with van der Waals surface area (Å²) in [5.74, 6) is 0. The SMILES string of the molecule is O=P([O-])([O-])[O-].O=P([O-])([O-])[O-].O=P([O-])([O-])[O-].[Li+].[Ti+4].[Zr+4]. The molecule has 0 aliphatic carbocycles. The van der Waals surface area contributed by atoms with Gasteiger partial charge in [0.05, 0.1) is 0 Å². The number of phosphoric acid groups is 3. The first-order chi connectivity index (χ1) is 6.00. The van der Waals surface area contributed by atoms with Gasteiger partial charge < -0.3 is 57.7 Å². The van der Waals surface area contributed by atoms with Crippen molar-refractivity contribution in [2.45, 2.75) is 0 Å². The molecule has 0 heterocycles. The topological polar surface area (TPSA) is 259 Å². The van der Waals surface area contributed by atoms with Gasteiger partial charge in [0, 0.05) is 0 Å². The third-order valence-electron chi connectivity index (χ3n) is 0. The van der Waals surface area contributed by atoms with Crippen molar-refractivity contribution in [3.63, 3.8) is 0 Å². The predicted octanol–water partition coefficient (Wildman–Crippen LogP) is -11.5. The van der Waals surface area contributed by atoms with Crippen LogP contribution in [0.4, 0.5) is 0 Å².